The Morgan fingerprint density at radius 3 is 2.17 bits per heavy atom. The number of benzene rings is 3. The number of hydrogen-bond acceptors (Lipinski definition) is 10. The number of nitrogens with zero attached hydrogens (tertiary/aromatic N) is 3. The zero-order valence-electron chi connectivity index (χ0n) is 24.3. The number of ether oxygens (including phenoxy) is 4. The minimum atomic E-state index is -4.92. The Bertz CT molecular complexity index is 1780. The fourth-order valence-electron chi connectivity index (χ4n) is 4.99. The molecule has 0 fully saturated rings. The molecule has 0 aromatic heterocycles. The van der Waals surface area contributed by atoms with Crippen molar-refractivity contribution in [3.63, 3.8) is 0 Å². The molecule has 47 heavy (non-hydrogen) atoms. The number of halogens is 4. The number of urea groups is 1. The minimum Gasteiger partial charge on any atom is -0.467 e. The normalized spacial score (nSPS) is 17.6. The van der Waals surface area contributed by atoms with E-state index in [1.807, 2.05) is 0 Å². The fourth-order valence-corrected chi connectivity index (χ4v) is 5.18. The van der Waals surface area contributed by atoms with Gasteiger partial charge in [-0.15, -0.1) is 13.2 Å². The number of carbonyl (C=O) groups is 5. The molecular weight excluding hydrogens is 653 g/mol. The second-order valence-corrected chi connectivity index (χ2v) is 10.3. The lowest BCUT2D eigenvalue weighted by Crippen LogP contribution is -2.56. The van der Waals surface area contributed by atoms with E-state index < -0.39 is 42.5 Å². The van der Waals surface area contributed by atoms with Crippen LogP contribution in [0.25, 0.3) is 0 Å². The Kier molecular flexibility index (Phi) is 8.91. The quantitative estimate of drug-likeness (QED) is 0.309. The summed E-state index contributed by atoms with van der Waals surface area (Å²) < 4.78 is 56.6. The molecular formula is C30H22ClF3N4O9. The molecule has 1 aliphatic carbocycles. The predicted octanol–water partition coefficient (Wildman–Crippen LogP) is 4.66. The molecule has 0 radical (unpaired) electrons. The van der Waals surface area contributed by atoms with Crippen molar-refractivity contribution in [3.8, 4) is 5.75 Å². The van der Waals surface area contributed by atoms with Gasteiger partial charge in [-0.25, -0.2) is 14.4 Å². The molecule has 0 unspecified atom stereocenters. The molecule has 1 atom stereocenters. The predicted molar refractivity (Wildman–Crippen MR) is 156 cm³/mol. The molecule has 0 spiro atoms. The average Bonchev–Trinajstić information content (AvgIpc) is 3.53. The highest BCUT2D eigenvalue weighted by Crippen LogP contribution is 2.39. The summed E-state index contributed by atoms with van der Waals surface area (Å²) in [7, 11) is 2.19. The first kappa shape index (κ1) is 32.9. The second kappa shape index (κ2) is 12.7. The number of amides is 5. The zero-order valence-corrected chi connectivity index (χ0v) is 25.0. The summed E-state index contributed by atoms with van der Waals surface area (Å²) in [4.78, 5) is 60.9. The van der Waals surface area contributed by atoms with Gasteiger partial charge < -0.3 is 18.9 Å². The van der Waals surface area contributed by atoms with Crippen molar-refractivity contribution in [1.82, 2.24) is 10.3 Å². The van der Waals surface area contributed by atoms with E-state index in [4.69, 9.17) is 21.1 Å². The van der Waals surface area contributed by atoms with Crippen molar-refractivity contribution in [3.05, 3.63) is 94.0 Å². The number of fused-ring (bicyclic) bond motifs is 4. The summed E-state index contributed by atoms with van der Waals surface area (Å²) in [5.41, 5.74) is 0.358. The van der Waals surface area contributed by atoms with Gasteiger partial charge >= 0.3 is 24.5 Å². The van der Waals surface area contributed by atoms with E-state index in [9.17, 15) is 37.1 Å². The van der Waals surface area contributed by atoms with E-state index in [1.165, 1.54) is 7.11 Å². The maximum atomic E-state index is 13.3. The summed E-state index contributed by atoms with van der Waals surface area (Å²) in [5.74, 6) is -1.91. The van der Waals surface area contributed by atoms with Crippen LogP contribution in [0.1, 0.15) is 31.8 Å². The third-order valence-corrected chi connectivity index (χ3v) is 7.29. The Morgan fingerprint density at radius 2 is 1.60 bits per heavy atom. The van der Waals surface area contributed by atoms with Gasteiger partial charge in [0.1, 0.15) is 18.2 Å². The van der Waals surface area contributed by atoms with Crippen molar-refractivity contribution in [1.29, 1.82) is 0 Å². The summed E-state index contributed by atoms with van der Waals surface area (Å²) in [5, 5.41) is 7.69. The van der Waals surface area contributed by atoms with Gasteiger partial charge in [0.05, 0.1) is 31.0 Å². The topological polar surface area (TPSA) is 153 Å². The van der Waals surface area contributed by atoms with Gasteiger partial charge in [-0.2, -0.15) is 15.0 Å². The maximum absolute atomic E-state index is 13.3. The monoisotopic (exact) mass is 674 g/mol. The standard InChI is InChI=1S/C22H17ClF3N3O7.C8H5NO2/c1-33-18(30)21-10-12-9-13(23)3-8-16(12)17(21)27-28(11-35-21)19(31)29(20(32)34-2)14-4-6-15(7-5-14)36-22(24,25)26;10-7-5-3-1-2-4-6(5)8(11)9-7/h3-9H,10-11H2,1-2H3;1-4H,(H,9,10,11)/t21-;/m0./s1. The largest absolute Gasteiger partial charge is 0.573 e. The highest BCUT2D eigenvalue weighted by atomic mass is 35.5. The molecule has 2 aliphatic heterocycles. The van der Waals surface area contributed by atoms with Crippen LogP contribution in [0.3, 0.4) is 0 Å². The summed E-state index contributed by atoms with van der Waals surface area (Å²) in [6.07, 6.45) is -6.01. The third-order valence-electron chi connectivity index (χ3n) is 7.05. The number of imide groups is 2. The number of carbonyl (C=O) groups excluding carboxylic acids is 5. The van der Waals surface area contributed by atoms with E-state index in [0.29, 0.717) is 32.2 Å². The van der Waals surface area contributed by atoms with Gasteiger partial charge in [-0.1, -0.05) is 29.8 Å². The van der Waals surface area contributed by atoms with Gasteiger partial charge in [0, 0.05) is 17.0 Å². The van der Waals surface area contributed by atoms with Crippen LogP contribution in [0.5, 0.6) is 5.75 Å². The molecule has 17 heteroatoms. The van der Waals surface area contributed by atoms with Gasteiger partial charge in [0.15, 0.2) is 0 Å². The molecule has 13 nitrogen and oxygen atoms in total. The van der Waals surface area contributed by atoms with Crippen LogP contribution in [0.4, 0.5) is 28.4 Å². The molecule has 0 saturated carbocycles. The molecule has 244 valence electrons. The smallest absolute Gasteiger partial charge is 0.467 e. The fraction of sp³-hybridized carbons (Fsp3) is 0.200. The third kappa shape index (κ3) is 6.45. The minimum absolute atomic E-state index is 0.0534. The van der Waals surface area contributed by atoms with Gasteiger partial charge in [0.25, 0.3) is 11.8 Å². The number of alkyl halides is 3. The zero-order chi connectivity index (χ0) is 34.1. The van der Waals surface area contributed by atoms with Crippen molar-refractivity contribution in [2.45, 2.75) is 18.4 Å². The van der Waals surface area contributed by atoms with Crippen LogP contribution < -0.4 is 15.0 Å². The van der Waals surface area contributed by atoms with E-state index in [-0.39, 0.29) is 29.6 Å². The van der Waals surface area contributed by atoms with Gasteiger partial charge in [-0.3, -0.25) is 14.9 Å². The van der Waals surface area contributed by atoms with Crippen molar-refractivity contribution >= 4 is 52.9 Å². The summed E-state index contributed by atoms with van der Waals surface area (Å²) in [6, 6.07) is 14.4. The second-order valence-electron chi connectivity index (χ2n) is 9.88. The molecule has 1 N–H and O–H groups in total. The molecule has 2 heterocycles. The highest BCUT2D eigenvalue weighted by Gasteiger charge is 2.55. The van der Waals surface area contributed by atoms with Crippen LogP contribution in [-0.4, -0.2) is 73.5 Å². The molecule has 5 amide bonds. The Balaban J connectivity index is 0.000000330. The lowest BCUT2D eigenvalue weighted by Gasteiger charge is -2.35. The Hall–Kier alpha value is -5.48. The first-order valence-electron chi connectivity index (χ1n) is 13.4. The van der Waals surface area contributed by atoms with Crippen molar-refractivity contribution in [2.75, 3.05) is 25.9 Å². The first-order chi connectivity index (χ1) is 22.3. The lowest BCUT2D eigenvalue weighted by atomic mass is 9.97. The number of anilines is 1. The lowest BCUT2D eigenvalue weighted by molar-refractivity contribution is -0.274. The SMILES string of the molecule is COC(=O)N(C(=O)N1CO[C@@]2(C(=O)OC)Cc3cc(Cl)ccc3C2=N1)c1ccc(OC(F)(F)F)cc1.O=C1NC(=O)c2ccccc21. The number of hydrazone groups is 1. The Labute approximate surface area is 268 Å². The first-order valence-corrected chi connectivity index (χ1v) is 13.8. The highest BCUT2D eigenvalue weighted by molar-refractivity contribution is 6.31. The van der Waals surface area contributed by atoms with Crippen LogP contribution in [0.2, 0.25) is 5.02 Å². The molecule has 6 rings (SSSR count). The van der Waals surface area contributed by atoms with Gasteiger partial charge in [-0.05, 0) is 54.1 Å². The van der Waals surface area contributed by atoms with Crippen molar-refractivity contribution < 1.29 is 56.1 Å². The van der Waals surface area contributed by atoms with Crippen LogP contribution in [-0.2, 0) is 25.4 Å². The van der Waals surface area contributed by atoms with Gasteiger partial charge in [0.2, 0.25) is 5.60 Å². The van der Waals surface area contributed by atoms with E-state index in [1.54, 1.807) is 42.5 Å². The van der Waals surface area contributed by atoms with Crippen LogP contribution >= 0.6 is 11.6 Å². The molecule has 3 aromatic rings. The molecule has 0 bridgehead atoms. The number of methoxy groups -OCH3 is 2. The Morgan fingerprint density at radius 1 is 0.957 bits per heavy atom. The summed E-state index contributed by atoms with van der Waals surface area (Å²) >= 11 is 6.07. The van der Waals surface area contributed by atoms with E-state index in [2.05, 4.69) is 19.9 Å². The van der Waals surface area contributed by atoms with E-state index in [0.717, 1.165) is 36.4 Å². The van der Waals surface area contributed by atoms with Crippen molar-refractivity contribution in [2.24, 2.45) is 5.10 Å². The van der Waals surface area contributed by atoms with E-state index >= 15 is 0 Å². The number of esters is 1. The number of nitrogens with one attached hydrogen (secondary N) is 1. The molecule has 0 saturated heterocycles. The average molecular weight is 675 g/mol. The molecule has 3 aromatic carbocycles. The summed E-state index contributed by atoms with van der Waals surface area (Å²) in [6.45, 7) is -0.554. The van der Waals surface area contributed by atoms with Crippen LogP contribution in [0, 0.1) is 0 Å². The number of rotatable bonds is 3. The molecule has 3 aliphatic rings. The van der Waals surface area contributed by atoms with Crippen LogP contribution in [0.15, 0.2) is 71.8 Å². The maximum Gasteiger partial charge on any atom is 0.573 e. The number of hydrogen-bond donors (Lipinski definition) is 1.